The van der Waals surface area contributed by atoms with Crippen LogP contribution in [0.3, 0.4) is 0 Å². The number of likely N-dealkylation sites (N-methyl/N-ethyl adjacent to an activating group) is 1. The van der Waals surface area contributed by atoms with Crippen molar-refractivity contribution in [3.8, 4) is 6.07 Å². The summed E-state index contributed by atoms with van der Waals surface area (Å²) in [5, 5.41) is 23.2. The van der Waals surface area contributed by atoms with Gasteiger partial charge in [0, 0.05) is 24.3 Å². The summed E-state index contributed by atoms with van der Waals surface area (Å²) in [5.74, 6) is 0.524. The zero-order valence-electron chi connectivity index (χ0n) is 13.0. The normalized spacial score (nSPS) is 12.2. The van der Waals surface area contributed by atoms with E-state index in [4.69, 9.17) is 5.26 Å². The molecule has 0 aliphatic rings. The highest BCUT2D eigenvalue weighted by Crippen LogP contribution is 2.23. The molecular weight excluding hydrogens is 268 g/mol. The van der Waals surface area contributed by atoms with Gasteiger partial charge in [-0.2, -0.15) is 5.26 Å². The first-order valence-corrected chi connectivity index (χ1v) is 6.93. The van der Waals surface area contributed by atoms with Gasteiger partial charge in [-0.05, 0) is 38.6 Å². The molecule has 0 spiro atoms. The molecule has 6 nitrogen and oxygen atoms in total. The third-order valence-corrected chi connectivity index (χ3v) is 3.03. The van der Waals surface area contributed by atoms with E-state index in [1.54, 1.807) is 6.07 Å². The minimum Gasteiger partial charge on any atom is -0.381 e. The molecule has 21 heavy (non-hydrogen) atoms. The molecule has 1 aromatic rings. The number of nitriles is 1. The van der Waals surface area contributed by atoms with Crippen molar-refractivity contribution in [3.63, 3.8) is 0 Å². The van der Waals surface area contributed by atoms with Crippen molar-refractivity contribution >= 4 is 11.4 Å². The van der Waals surface area contributed by atoms with Crippen molar-refractivity contribution in [1.29, 1.82) is 5.26 Å². The lowest BCUT2D eigenvalue weighted by Gasteiger charge is -2.25. The fourth-order valence-electron chi connectivity index (χ4n) is 2.29. The molecule has 0 aromatic heterocycles. The van der Waals surface area contributed by atoms with E-state index in [1.165, 1.54) is 12.1 Å². The van der Waals surface area contributed by atoms with Gasteiger partial charge in [-0.15, -0.1) is 0 Å². The molecular formula is C15H22N4O2. The summed E-state index contributed by atoms with van der Waals surface area (Å²) >= 11 is 0. The van der Waals surface area contributed by atoms with Gasteiger partial charge >= 0.3 is 0 Å². The van der Waals surface area contributed by atoms with Crippen LogP contribution in [-0.4, -0.2) is 36.5 Å². The van der Waals surface area contributed by atoms with E-state index >= 15 is 0 Å². The number of rotatable bonds is 7. The second-order valence-corrected chi connectivity index (χ2v) is 5.83. The average Bonchev–Trinajstić information content (AvgIpc) is 2.36. The Morgan fingerprint density at radius 1 is 1.43 bits per heavy atom. The number of nitro groups is 1. The molecule has 0 saturated carbocycles. The molecule has 1 atom stereocenters. The minimum atomic E-state index is -0.521. The molecule has 1 unspecified atom stereocenters. The summed E-state index contributed by atoms with van der Waals surface area (Å²) in [4.78, 5) is 12.6. The Morgan fingerprint density at radius 2 is 2.10 bits per heavy atom. The summed E-state index contributed by atoms with van der Waals surface area (Å²) < 4.78 is 0. The van der Waals surface area contributed by atoms with Crippen LogP contribution in [0.4, 0.5) is 11.4 Å². The lowest BCUT2D eigenvalue weighted by molar-refractivity contribution is -0.385. The number of benzene rings is 1. The Balaban J connectivity index is 2.96. The maximum Gasteiger partial charge on any atom is 0.289 e. The minimum absolute atomic E-state index is 0.0820. The van der Waals surface area contributed by atoms with Gasteiger partial charge in [0.15, 0.2) is 0 Å². The van der Waals surface area contributed by atoms with Crippen LogP contribution in [0, 0.1) is 27.4 Å². The Kier molecular flexibility index (Phi) is 6.12. The van der Waals surface area contributed by atoms with Crippen LogP contribution in [-0.2, 0) is 0 Å². The molecule has 0 saturated heterocycles. The first kappa shape index (κ1) is 16.9. The molecule has 0 radical (unpaired) electrons. The van der Waals surface area contributed by atoms with Gasteiger partial charge < -0.3 is 10.2 Å². The Bertz CT molecular complexity index is 525. The van der Waals surface area contributed by atoms with E-state index in [0.29, 0.717) is 11.6 Å². The van der Waals surface area contributed by atoms with Crippen molar-refractivity contribution in [2.45, 2.75) is 26.3 Å². The third kappa shape index (κ3) is 5.40. The van der Waals surface area contributed by atoms with E-state index in [1.807, 2.05) is 20.2 Å². The van der Waals surface area contributed by atoms with Crippen molar-refractivity contribution in [2.75, 3.05) is 26.0 Å². The SMILES string of the molecule is CC(C)CC(CN(C)C)Nc1ccc(C#N)c([N+](=O)[O-])c1. The highest BCUT2D eigenvalue weighted by molar-refractivity contribution is 5.59. The first-order chi connectivity index (χ1) is 9.83. The van der Waals surface area contributed by atoms with Crippen LogP contribution in [0.5, 0.6) is 0 Å². The fourth-order valence-corrected chi connectivity index (χ4v) is 2.29. The molecule has 0 heterocycles. The van der Waals surface area contributed by atoms with Crippen LogP contribution < -0.4 is 5.32 Å². The smallest absolute Gasteiger partial charge is 0.289 e. The van der Waals surface area contributed by atoms with Crippen molar-refractivity contribution < 1.29 is 4.92 Å². The largest absolute Gasteiger partial charge is 0.381 e. The van der Waals surface area contributed by atoms with Crippen molar-refractivity contribution in [1.82, 2.24) is 4.90 Å². The molecule has 0 bridgehead atoms. The van der Waals surface area contributed by atoms with E-state index in [-0.39, 0.29) is 17.3 Å². The second kappa shape index (κ2) is 7.60. The maximum absolute atomic E-state index is 11.0. The van der Waals surface area contributed by atoms with Gasteiger partial charge in [0.25, 0.3) is 5.69 Å². The van der Waals surface area contributed by atoms with Gasteiger partial charge in [0.2, 0.25) is 0 Å². The van der Waals surface area contributed by atoms with Crippen LogP contribution in [0.1, 0.15) is 25.8 Å². The Labute approximate surface area is 125 Å². The lowest BCUT2D eigenvalue weighted by atomic mass is 10.0. The molecule has 0 aliphatic carbocycles. The number of nitrogens with one attached hydrogen (secondary N) is 1. The quantitative estimate of drug-likeness (QED) is 0.616. The predicted octanol–water partition coefficient (Wildman–Crippen LogP) is 2.85. The molecule has 0 fully saturated rings. The number of hydrogen-bond acceptors (Lipinski definition) is 5. The van der Waals surface area contributed by atoms with Gasteiger partial charge in [0.05, 0.1) is 4.92 Å². The molecule has 0 aliphatic heterocycles. The summed E-state index contributed by atoms with van der Waals surface area (Å²) in [7, 11) is 3.99. The van der Waals surface area contributed by atoms with Gasteiger partial charge in [0.1, 0.15) is 11.6 Å². The van der Waals surface area contributed by atoms with Gasteiger partial charge in [-0.3, -0.25) is 10.1 Å². The van der Waals surface area contributed by atoms with Crippen LogP contribution in [0.15, 0.2) is 18.2 Å². The monoisotopic (exact) mass is 290 g/mol. The zero-order valence-corrected chi connectivity index (χ0v) is 13.0. The zero-order chi connectivity index (χ0) is 16.0. The summed E-state index contributed by atoms with van der Waals surface area (Å²) in [6.45, 7) is 5.13. The topological polar surface area (TPSA) is 82.2 Å². The molecule has 1 aromatic carbocycles. The average molecular weight is 290 g/mol. The second-order valence-electron chi connectivity index (χ2n) is 5.83. The maximum atomic E-state index is 11.0. The van der Waals surface area contributed by atoms with E-state index in [9.17, 15) is 10.1 Å². The Morgan fingerprint density at radius 3 is 2.57 bits per heavy atom. The van der Waals surface area contributed by atoms with Crippen LogP contribution >= 0.6 is 0 Å². The molecule has 1 rings (SSSR count). The lowest BCUT2D eigenvalue weighted by Crippen LogP contribution is -2.33. The van der Waals surface area contributed by atoms with Crippen molar-refractivity contribution in [2.24, 2.45) is 5.92 Å². The number of nitro benzene ring substituents is 1. The predicted molar refractivity (Wildman–Crippen MR) is 83.2 cm³/mol. The molecule has 1 N–H and O–H groups in total. The highest BCUT2D eigenvalue weighted by Gasteiger charge is 2.17. The number of nitrogens with zero attached hydrogens (tertiary/aromatic N) is 3. The summed E-state index contributed by atoms with van der Waals surface area (Å²) in [5.41, 5.74) is 0.599. The molecule has 0 amide bonds. The van der Waals surface area contributed by atoms with E-state index in [2.05, 4.69) is 24.1 Å². The van der Waals surface area contributed by atoms with E-state index in [0.717, 1.165) is 13.0 Å². The van der Waals surface area contributed by atoms with E-state index < -0.39 is 4.92 Å². The fraction of sp³-hybridized carbons (Fsp3) is 0.533. The number of anilines is 1. The van der Waals surface area contributed by atoms with Crippen LogP contribution in [0.25, 0.3) is 0 Å². The standard InChI is InChI=1S/C15H22N4O2/c1-11(2)7-14(10-18(3)4)17-13-6-5-12(9-16)15(8-13)19(20)21/h5-6,8,11,14,17H,7,10H2,1-4H3. The summed E-state index contributed by atoms with van der Waals surface area (Å²) in [6, 6.07) is 6.68. The third-order valence-electron chi connectivity index (χ3n) is 3.03. The molecule has 6 heteroatoms. The van der Waals surface area contributed by atoms with Gasteiger partial charge in [-0.25, -0.2) is 0 Å². The summed E-state index contributed by atoms with van der Waals surface area (Å²) in [6.07, 6.45) is 0.964. The molecule has 114 valence electrons. The highest BCUT2D eigenvalue weighted by atomic mass is 16.6. The first-order valence-electron chi connectivity index (χ1n) is 6.93. The van der Waals surface area contributed by atoms with Gasteiger partial charge in [-0.1, -0.05) is 13.8 Å². The van der Waals surface area contributed by atoms with Crippen LogP contribution in [0.2, 0.25) is 0 Å². The Hall–Kier alpha value is -2.13. The number of hydrogen-bond donors (Lipinski definition) is 1. The van der Waals surface area contributed by atoms with Crippen molar-refractivity contribution in [3.05, 3.63) is 33.9 Å².